The molecule has 1 nitrogen and oxygen atoms in total. The SMILES string of the molecule is C/C=C(\CCC)CCN. The number of nitrogens with two attached hydrogens (primary N) is 1. The molecule has 0 aromatic heterocycles. The van der Waals surface area contributed by atoms with Gasteiger partial charge in [0, 0.05) is 0 Å². The molecule has 0 saturated carbocycles. The van der Waals surface area contributed by atoms with Crippen molar-refractivity contribution in [3.05, 3.63) is 11.6 Å². The van der Waals surface area contributed by atoms with Crippen LogP contribution < -0.4 is 5.73 Å². The lowest BCUT2D eigenvalue weighted by molar-refractivity contribution is 0.822. The lowest BCUT2D eigenvalue weighted by Crippen LogP contribution is -1.99. The molecule has 0 aromatic carbocycles. The van der Waals surface area contributed by atoms with Crippen LogP contribution in [0, 0.1) is 0 Å². The van der Waals surface area contributed by atoms with E-state index in [1.807, 2.05) is 0 Å². The molecule has 0 atom stereocenters. The molecule has 0 aromatic rings. The van der Waals surface area contributed by atoms with E-state index in [-0.39, 0.29) is 0 Å². The Balaban J connectivity index is 3.43. The Morgan fingerprint density at radius 2 is 2.11 bits per heavy atom. The summed E-state index contributed by atoms with van der Waals surface area (Å²) in [6, 6.07) is 0. The highest BCUT2D eigenvalue weighted by molar-refractivity contribution is 4.99. The fourth-order valence-corrected chi connectivity index (χ4v) is 0.920. The molecule has 0 aliphatic carbocycles. The van der Waals surface area contributed by atoms with Gasteiger partial charge in [0.1, 0.15) is 0 Å². The zero-order chi connectivity index (χ0) is 7.11. The zero-order valence-electron chi connectivity index (χ0n) is 6.48. The zero-order valence-corrected chi connectivity index (χ0v) is 6.48. The van der Waals surface area contributed by atoms with Gasteiger partial charge in [-0.15, -0.1) is 0 Å². The highest BCUT2D eigenvalue weighted by atomic mass is 14.5. The fourth-order valence-electron chi connectivity index (χ4n) is 0.920. The minimum Gasteiger partial charge on any atom is -0.330 e. The van der Waals surface area contributed by atoms with Gasteiger partial charge in [-0.25, -0.2) is 0 Å². The summed E-state index contributed by atoms with van der Waals surface area (Å²) in [5, 5.41) is 0. The molecule has 0 spiro atoms. The van der Waals surface area contributed by atoms with E-state index in [9.17, 15) is 0 Å². The summed E-state index contributed by atoms with van der Waals surface area (Å²) in [7, 11) is 0. The first-order chi connectivity index (χ1) is 4.35. The molecule has 0 aliphatic rings. The largest absolute Gasteiger partial charge is 0.330 e. The summed E-state index contributed by atoms with van der Waals surface area (Å²) in [5.41, 5.74) is 6.89. The number of rotatable bonds is 4. The van der Waals surface area contributed by atoms with Gasteiger partial charge in [-0.1, -0.05) is 25.0 Å². The Labute approximate surface area is 57.9 Å². The first-order valence-corrected chi connectivity index (χ1v) is 3.69. The van der Waals surface area contributed by atoms with Crippen molar-refractivity contribution in [1.29, 1.82) is 0 Å². The first kappa shape index (κ1) is 8.70. The van der Waals surface area contributed by atoms with E-state index in [0.29, 0.717) is 0 Å². The Hall–Kier alpha value is -0.300. The van der Waals surface area contributed by atoms with E-state index in [1.165, 1.54) is 18.4 Å². The highest BCUT2D eigenvalue weighted by Crippen LogP contribution is 2.07. The molecule has 0 aliphatic heterocycles. The van der Waals surface area contributed by atoms with E-state index in [4.69, 9.17) is 5.73 Å². The van der Waals surface area contributed by atoms with Crippen molar-refractivity contribution in [3.63, 3.8) is 0 Å². The van der Waals surface area contributed by atoms with Gasteiger partial charge in [0.05, 0.1) is 0 Å². The van der Waals surface area contributed by atoms with Crippen LogP contribution in [0.2, 0.25) is 0 Å². The Kier molecular flexibility index (Phi) is 5.64. The van der Waals surface area contributed by atoms with Crippen molar-refractivity contribution in [3.8, 4) is 0 Å². The van der Waals surface area contributed by atoms with Crippen molar-refractivity contribution in [2.45, 2.75) is 33.1 Å². The average Bonchev–Trinajstić information content (AvgIpc) is 1.88. The molecule has 9 heavy (non-hydrogen) atoms. The van der Waals surface area contributed by atoms with Crippen LogP contribution >= 0.6 is 0 Å². The number of hydrogen-bond donors (Lipinski definition) is 1. The third-order valence-electron chi connectivity index (χ3n) is 1.44. The Bertz CT molecular complexity index is 76.6. The Morgan fingerprint density at radius 3 is 2.44 bits per heavy atom. The van der Waals surface area contributed by atoms with E-state index in [1.54, 1.807) is 0 Å². The van der Waals surface area contributed by atoms with Gasteiger partial charge in [-0.3, -0.25) is 0 Å². The molecule has 1 heteroatoms. The van der Waals surface area contributed by atoms with Crippen LogP contribution in [0.5, 0.6) is 0 Å². The molecule has 0 amide bonds. The molecule has 0 bridgehead atoms. The summed E-state index contributed by atoms with van der Waals surface area (Å²) in [4.78, 5) is 0. The van der Waals surface area contributed by atoms with Gasteiger partial charge in [0.2, 0.25) is 0 Å². The third kappa shape index (κ3) is 4.22. The molecular weight excluding hydrogens is 110 g/mol. The normalized spacial score (nSPS) is 12.1. The predicted octanol–water partition coefficient (Wildman–Crippen LogP) is 2.08. The van der Waals surface area contributed by atoms with Crippen LogP contribution in [0.15, 0.2) is 11.6 Å². The third-order valence-corrected chi connectivity index (χ3v) is 1.44. The molecule has 0 saturated heterocycles. The first-order valence-electron chi connectivity index (χ1n) is 3.69. The van der Waals surface area contributed by atoms with Gasteiger partial charge < -0.3 is 5.73 Å². The second-order valence-electron chi connectivity index (χ2n) is 2.24. The average molecular weight is 127 g/mol. The van der Waals surface area contributed by atoms with Crippen molar-refractivity contribution in [2.75, 3.05) is 6.54 Å². The number of hydrogen-bond acceptors (Lipinski definition) is 1. The maximum atomic E-state index is 5.39. The molecule has 0 heterocycles. The second-order valence-corrected chi connectivity index (χ2v) is 2.24. The summed E-state index contributed by atoms with van der Waals surface area (Å²) >= 11 is 0. The van der Waals surface area contributed by atoms with Gasteiger partial charge in [0.15, 0.2) is 0 Å². The molecular formula is C8H17N. The maximum Gasteiger partial charge on any atom is -0.00399 e. The molecule has 2 N–H and O–H groups in total. The number of allylic oxidation sites excluding steroid dienone is 1. The molecule has 0 fully saturated rings. The van der Waals surface area contributed by atoms with E-state index in [2.05, 4.69) is 19.9 Å². The smallest absolute Gasteiger partial charge is 0.00399 e. The molecule has 0 rings (SSSR count). The van der Waals surface area contributed by atoms with E-state index in [0.717, 1.165) is 13.0 Å². The van der Waals surface area contributed by atoms with Crippen LogP contribution in [-0.4, -0.2) is 6.54 Å². The standard InChI is InChI=1S/C8H17N/c1-3-5-8(4-2)6-7-9/h4H,3,5-7,9H2,1-2H3/b8-4+. The monoisotopic (exact) mass is 127 g/mol. The molecule has 0 radical (unpaired) electrons. The van der Waals surface area contributed by atoms with Crippen LogP contribution in [0.3, 0.4) is 0 Å². The lowest BCUT2D eigenvalue weighted by Gasteiger charge is -2.00. The van der Waals surface area contributed by atoms with Crippen molar-refractivity contribution >= 4 is 0 Å². The molecule has 54 valence electrons. The van der Waals surface area contributed by atoms with Gasteiger partial charge >= 0.3 is 0 Å². The summed E-state index contributed by atoms with van der Waals surface area (Å²) in [6.45, 7) is 5.07. The van der Waals surface area contributed by atoms with Crippen molar-refractivity contribution < 1.29 is 0 Å². The van der Waals surface area contributed by atoms with Crippen LogP contribution in [0.1, 0.15) is 33.1 Å². The summed E-state index contributed by atoms with van der Waals surface area (Å²) in [5.74, 6) is 0. The topological polar surface area (TPSA) is 26.0 Å². The van der Waals surface area contributed by atoms with Gasteiger partial charge in [0.25, 0.3) is 0 Å². The second kappa shape index (κ2) is 5.83. The van der Waals surface area contributed by atoms with Crippen LogP contribution in [0.25, 0.3) is 0 Å². The lowest BCUT2D eigenvalue weighted by atomic mass is 10.1. The van der Waals surface area contributed by atoms with Crippen molar-refractivity contribution in [2.24, 2.45) is 5.73 Å². The van der Waals surface area contributed by atoms with Gasteiger partial charge in [-0.2, -0.15) is 0 Å². The highest BCUT2D eigenvalue weighted by Gasteiger charge is 1.90. The van der Waals surface area contributed by atoms with Crippen LogP contribution in [0.4, 0.5) is 0 Å². The molecule has 0 unspecified atom stereocenters. The van der Waals surface area contributed by atoms with Crippen LogP contribution in [-0.2, 0) is 0 Å². The van der Waals surface area contributed by atoms with E-state index >= 15 is 0 Å². The summed E-state index contributed by atoms with van der Waals surface area (Å²) in [6.07, 6.45) is 5.70. The maximum absolute atomic E-state index is 5.39. The predicted molar refractivity (Wildman–Crippen MR) is 42.3 cm³/mol. The Morgan fingerprint density at radius 1 is 1.44 bits per heavy atom. The minimum absolute atomic E-state index is 0.791. The van der Waals surface area contributed by atoms with Crippen molar-refractivity contribution in [1.82, 2.24) is 0 Å². The van der Waals surface area contributed by atoms with Gasteiger partial charge in [-0.05, 0) is 26.3 Å². The minimum atomic E-state index is 0.791. The summed E-state index contributed by atoms with van der Waals surface area (Å²) < 4.78 is 0. The van der Waals surface area contributed by atoms with E-state index < -0.39 is 0 Å². The fraction of sp³-hybridized carbons (Fsp3) is 0.750. The quantitative estimate of drug-likeness (QED) is 0.575.